The first-order valence-corrected chi connectivity index (χ1v) is 12.7. The molecule has 0 spiro atoms. The molecule has 1 fully saturated rings. The first-order chi connectivity index (χ1) is 16.1. The van der Waals surface area contributed by atoms with Gasteiger partial charge in [-0.3, -0.25) is 19.7 Å². The Morgan fingerprint density at radius 3 is 2.94 bits per heavy atom. The van der Waals surface area contributed by atoms with Gasteiger partial charge in [-0.05, 0) is 72.6 Å². The molecule has 5 nitrogen and oxygen atoms in total. The number of thiophene rings is 1. The molecule has 6 rings (SSSR count). The van der Waals surface area contributed by atoms with E-state index in [9.17, 15) is 4.79 Å². The van der Waals surface area contributed by atoms with E-state index >= 15 is 0 Å². The van der Waals surface area contributed by atoms with E-state index in [2.05, 4.69) is 50.5 Å². The summed E-state index contributed by atoms with van der Waals surface area (Å²) in [5.74, 6) is 0.273. The molecule has 0 saturated carbocycles. The third-order valence-corrected chi connectivity index (χ3v) is 8.00. The zero-order chi connectivity index (χ0) is 22.4. The minimum atomic E-state index is 0.273. The smallest absolute Gasteiger partial charge is 0.227 e. The molecule has 1 saturated heterocycles. The van der Waals surface area contributed by atoms with Crippen LogP contribution in [0.2, 0.25) is 0 Å². The Bertz CT molecular complexity index is 1230. The Balaban J connectivity index is 1.24. The molecule has 3 aromatic rings. The summed E-state index contributed by atoms with van der Waals surface area (Å²) in [7, 11) is 0. The van der Waals surface area contributed by atoms with Crippen molar-refractivity contribution >= 4 is 23.0 Å². The Kier molecular flexibility index (Phi) is 5.35. The second kappa shape index (κ2) is 8.50. The molecule has 2 aromatic heterocycles. The van der Waals surface area contributed by atoms with Crippen LogP contribution in [0.1, 0.15) is 51.2 Å². The predicted molar refractivity (Wildman–Crippen MR) is 132 cm³/mol. The van der Waals surface area contributed by atoms with Crippen molar-refractivity contribution in [2.75, 3.05) is 13.1 Å². The lowest BCUT2D eigenvalue weighted by Crippen LogP contribution is -2.51. The fraction of sp³-hybridized carbons (Fsp3) is 0.370. The van der Waals surface area contributed by atoms with Crippen molar-refractivity contribution < 1.29 is 4.79 Å². The summed E-state index contributed by atoms with van der Waals surface area (Å²) in [5.41, 5.74) is 8.11. The Morgan fingerprint density at radius 2 is 2.09 bits per heavy atom. The van der Waals surface area contributed by atoms with Gasteiger partial charge in [0.25, 0.3) is 0 Å². The lowest BCUT2D eigenvalue weighted by molar-refractivity contribution is -0.135. The molecule has 1 atom stereocenters. The summed E-state index contributed by atoms with van der Waals surface area (Å²) in [4.78, 5) is 28.4. The van der Waals surface area contributed by atoms with E-state index in [1.54, 1.807) is 0 Å². The maximum Gasteiger partial charge on any atom is 0.227 e. The number of carbonyl (C=O) groups excluding carboxylic acids is 1. The summed E-state index contributed by atoms with van der Waals surface area (Å²) in [6, 6.07) is 13.3. The van der Waals surface area contributed by atoms with Crippen LogP contribution in [0.25, 0.3) is 0 Å². The maximum atomic E-state index is 13.2. The number of nitrogens with zero attached hydrogens (tertiary/aromatic N) is 4. The monoisotopic (exact) mass is 456 g/mol. The first kappa shape index (κ1) is 20.8. The van der Waals surface area contributed by atoms with Crippen LogP contribution in [-0.2, 0) is 30.8 Å². The predicted octanol–water partition coefficient (Wildman–Crippen LogP) is 4.35. The van der Waals surface area contributed by atoms with Gasteiger partial charge < -0.3 is 4.90 Å². The average Bonchev–Trinajstić information content (AvgIpc) is 3.47. The summed E-state index contributed by atoms with van der Waals surface area (Å²) in [6.07, 6.45) is 4.60. The number of piperidine rings is 1. The van der Waals surface area contributed by atoms with Crippen molar-refractivity contribution in [3.05, 3.63) is 86.4 Å². The van der Waals surface area contributed by atoms with Gasteiger partial charge in [0.1, 0.15) is 0 Å². The lowest BCUT2D eigenvalue weighted by atomic mass is 9.90. The molecule has 1 amide bonds. The van der Waals surface area contributed by atoms with Crippen LogP contribution in [-0.4, -0.2) is 45.5 Å². The van der Waals surface area contributed by atoms with E-state index in [4.69, 9.17) is 4.99 Å². The first-order valence-electron chi connectivity index (χ1n) is 11.8. The minimum Gasteiger partial charge on any atom is -0.334 e. The molecule has 168 valence electrons. The number of likely N-dealkylation sites (tertiary alicyclic amines) is 1. The number of amides is 1. The van der Waals surface area contributed by atoms with Crippen LogP contribution >= 0.6 is 11.3 Å². The van der Waals surface area contributed by atoms with Gasteiger partial charge in [0.05, 0.1) is 18.7 Å². The molecule has 6 heteroatoms. The van der Waals surface area contributed by atoms with Crippen LogP contribution in [0.5, 0.6) is 0 Å². The number of hydrogen-bond donors (Lipinski definition) is 0. The molecule has 0 radical (unpaired) electrons. The molecule has 33 heavy (non-hydrogen) atoms. The molecular formula is C27H28N4OS. The van der Waals surface area contributed by atoms with Crippen molar-refractivity contribution in [3.8, 4) is 0 Å². The maximum absolute atomic E-state index is 13.2. The second-order valence-electron chi connectivity index (χ2n) is 9.44. The number of fused-ring (bicyclic) bond motifs is 2. The standard InChI is InChI=1S/C27H28N4OS/c1-18-10-19(6-7-28-18)27-25-12-22-15-31(26(32)13-20(22)11-21(25)14-29-27)23-4-2-8-30(16-23)17-24-5-3-9-33-24/h3,5-7,9-12,23H,2,4,8,13-17H2,1H3/t23-/m1/s1. The zero-order valence-corrected chi connectivity index (χ0v) is 19.8. The topological polar surface area (TPSA) is 48.8 Å². The normalized spacial score (nSPS) is 20.5. The van der Waals surface area contributed by atoms with E-state index < -0.39 is 0 Å². The number of benzene rings is 1. The van der Waals surface area contributed by atoms with Gasteiger partial charge in [0.2, 0.25) is 5.91 Å². The SMILES string of the molecule is Cc1cc(C2=NCc3cc4c(cc32)CN([C@@H]2CCCN(Cc3cccs3)C2)C(=O)C4)ccn1. The average molecular weight is 457 g/mol. The number of aliphatic imine (C=N–C) groups is 1. The largest absolute Gasteiger partial charge is 0.334 e. The molecule has 0 unspecified atom stereocenters. The molecule has 1 aromatic carbocycles. The zero-order valence-electron chi connectivity index (χ0n) is 19.0. The highest BCUT2D eigenvalue weighted by Crippen LogP contribution is 2.32. The summed E-state index contributed by atoms with van der Waals surface area (Å²) in [5, 5.41) is 2.14. The van der Waals surface area contributed by atoms with Gasteiger partial charge in [-0.2, -0.15) is 0 Å². The molecule has 0 N–H and O–H groups in total. The van der Waals surface area contributed by atoms with Crippen LogP contribution < -0.4 is 0 Å². The highest BCUT2D eigenvalue weighted by molar-refractivity contribution is 7.09. The summed E-state index contributed by atoms with van der Waals surface area (Å²) in [6.45, 7) is 6.49. The number of aromatic nitrogens is 1. The van der Waals surface area contributed by atoms with Crippen LogP contribution in [0, 0.1) is 6.92 Å². The Labute approximate surface area is 198 Å². The minimum absolute atomic E-state index is 0.273. The molecule has 5 heterocycles. The number of hydrogen-bond acceptors (Lipinski definition) is 5. The number of aryl methyl sites for hydroxylation is 1. The second-order valence-corrected chi connectivity index (χ2v) is 10.5. The number of rotatable bonds is 4. The molecule has 0 aliphatic carbocycles. The molecule has 0 bridgehead atoms. The lowest BCUT2D eigenvalue weighted by Gasteiger charge is -2.41. The van der Waals surface area contributed by atoms with Crippen LogP contribution in [0.4, 0.5) is 0 Å². The molecule has 3 aliphatic heterocycles. The van der Waals surface area contributed by atoms with Gasteiger partial charge in [0, 0.05) is 53.6 Å². The number of carbonyl (C=O) groups is 1. The Morgan fingerprint density at radius 1 is 1.15 bits per heavy atom. The molecule has 3 aliphatic rings. The van der Waals surface area contributed by atoms with Gasteiger partial charge in [-0.25, -0.2) is 0 Å². The number of pyridine rings is 1. The third-order valence-electron chi connectivity index (χ3n) is 7.14. The van der Waals surface area contributed by atoms with Gasteiger partial charge in [0.15, 0.2) is 0 Å². The van der Waals surface area contributed by atoms with E-state index in [0.717, 1.165) is 49.4 Å². The fourth-order valence-electron chi connectivity index (χ4n) is 5.51. The van der Waals surface area contributed by atoms with E-state index in [0.29, 0.717) is 25.6 Å². The van der Waals surface area contributed by atoms with Crippen molar-refractivity contribution in [1.82, 2.24) is 14.8 Å². The fourth-order valence-corrected chi connectivity index (χ4v) is 6.26. The van der Waals surface area contributed by atoms with E-state index in [1.165, 1.54) is 27.1 Å². The molecular weight excluding hydrogens is 428 g/mol. The van der Waals surface area contributed by atoms with Crippen molar-refractivity contribution in [1.29, 1.82) is 0 Å². The van der Waals surface area contributed by atoms with Crippen LogP contribution in [0.3, 0.4) is 0 Å². The van der Waals surface area contributed by atoms with Gasteiger partial charge >= 0.3 is 0 Å². The summed E-state index contributed by atoms with van der Waals surface area (Å²) >= 11 is 1.82. The van der Waals surface area contributed by atoms with Crippen LogP contribution in [0.15, 0.2) is 53.0 Å². The van der Waals surface area contributed by atoms with Crippen molar-refractivity contribution in [3.63, 3.8) is 0 Å². The van der Waals surface area contributed by atoms with Crippen molar-refractivity contribution in [2.24, 2.45) is 4.99 Å². The quantitative estimate of drug-likeness (QED) is 0.586. The third kappa shape index (κ3) is 4.02. The Hall–Kier alpha value is -2.83. The highest BCUT2D eigenvalue weighted by atomic mass is 32.1. The van der Waals surface area contributed by atoms with E-state index in [1.807, 2.05) is 30.5 Å². The highest BCUT2D eigenvalue weighted by Gasteiger charge is 2.33. The van der Waals surface area contributed by atoms with Gasteiger partial charge in [-0.15, -0.1) is 11.3 Å². The van der Waals surface area contributed by atoms with Gasteiger partial charge in [-0.1, -0.05) is 12.1 Å². The summed E-state index contributed by atoms with van der Waals surface area (Å²) < 4.78 is 0. The van der Waals surface area contributed by atoms with E-state index in [-0.39, 0.29) is 5.91 Å². The van der Waals surface area contributed by atoms with Crippen molar-refractivity contribution in [2.45, 2.75) is 51.9 Å².